The summed E-state index contributed by atoms with van der Waals surface area (Å²) < 4.78 is 11.5. The van der Waals surface area contributed by atoms with Crippen molar-refractivity contribution in [2.45, 2.75) is 44.2 Å². The van der Waals surface area contributed by atoms with Crippen LogP contribution in [-0.4, -0.2) is 18.3 Å². The highest BCUT2D eigenvalue weighted by molar-refractivity contribution is 5.28. The topological polar surface area (TPSA) is 21.8 Å². The van der Waals surface area contributed by atoms with Crippen molar-refractivity contribution >= 4 is 0 Å². The Morgan fingerprint density at radius 3 is 2.24 bits per heavy atom. The zero-order chi connectivity index (χ0) is 14.1. The molecule has 0 N–H and O–H groups in total. The van der Waals surface area contributed by atoms with Crippen molar-refractivity contribution in [1.82, 2.24) is 0 Å². The largest absolute Gasteiger partial charge is 0.371 e. The van der Waals surface area contributed by atoms with E-state index in [9.17, 15) is 0 Å². The molecular formula is C19H20O2. The lowest BCUT2D eigenvalue weighted by atomic mass is 10.0. The number of fused-ring (bicyclic) bond motifs is 1. The fourth-order valence-corrected chi connectivity index (χ4v) is 3.17. The van der Waals surface area contributed by atoms with Crippen LogP contribution in [0.25, 0.3) is 0 Å². The molecule has 3 unspecified atom stereocenters. The fraction of sp³-hybridized carbons (Fsp3) is 0.368. The van der Waals surface area contributed by atoms with Gasteiger partial charge in [0.25, 0.3) is 0 Å². The third-order valence-corrected chi connectivity index (χ3v) is 4.46. The maximum atomic E-state index is 5.98. The average Bonchev–Trinajstić information content (AvgIpc) is 3.21. The molecule has 2 aromatic rings. The van der Waals surface area contributed by atoms with Crippen LogP contribution >= 0.6 is 0 Å². The first-order valence-electron chi connectivity index (χ1n) is 7.77. The van der Waals surface area contributed by atoms with Crippen molar-refractivity contribution in [2.24, 2.45) is 0 Å². The lowest BCUT2D eigenvalue weighted by Crippen LogP contribution is -2.15. The van der Waals surface area contributed by atoms with E-state index < -0.39 is 0 Å². The SMILES string of the molecule is c1ccc(Cc2ccc(COC3CCC4OC34)cc2)cc1. The van der Waals surface area contributed by atoms with E-state index in [0.717, 1.165) is 12.8 Å². The van der Waals surface area contributed by atoms with E-state index in [-0.39, 0.29) is 0 Å². The molecule has 1 heterocycles. The second kappa shape index (κ2) is 5.63. The quantitative estimate of drug-likeness (QED) is 0.779. The zero-order valence-electron chi connectivity index (χ0n) is 12.1. The molecule has 2 nitrogen and oxygen atoms in total. The molecule has 2 fully saturated rings. The summed E-state index contributed by atoms with van der Waals surface area (Å²) in [5.41, 5.74) is 3.94. The zero-order valence-corrected chi connectivity index (χ0v) is 12.1. The Morgan fingerprint density at radius 2 is 1.57 bits per heavy atom. The van der Waals surface area contributed by atoms with Crippen LogP contribution in [0.4, 0.5) is 0 Å². The molecule has 21 heavy (non-hydrogen) atoms. The predicted molar refractivity (Wildman–Crippen MR) is 82.2 cm³/mol. The monoisotopic (exact) mass is 280 g/mol. The molecule has 0 bridgehead atoms. The highest BCUT2D eigenvalue weighted by Crippen LogP contribution is 2.40. The molecule has 1 aliphatic carbocycles. The van der Waals surface area contributed by atoms with Gasteiger partial charge in [-0.3, -0.25) is 0 Å². The van der Waals surface area contributed by atoms with Crippen molar-refractivity contribution < 1.29 is 9.47 Å². The summed E-state index contributed by atoms with van der Waals surface area (Å²) in [5.74, 6) is 0. The van der Waals surface area contributed by atoms with Gasteiger partial charge in [0, 0.05) is 0 Å². The van der Waals surface area contributed by atoms with E-state index >= 15 is 0 Å². The maximum absolute atomic E-state index is 5.98. The number of benzene rings is 2. The van der Waals surface area contributed by atoms with Gasteiger partial charge >= 0.3 is 0 Å². The Bertz CT molecular complexity index is 591. The smallest absolute Gasteiger partial charge is 0.110 e. The molecule has 4 rings (SSSR count). The van der Waals surface area contributed by atoms with E-state index in [4.69, 9.17) is 9.47 Å². The molecule has 1 saturated carbocycles. The first-order valence-corrected chi connectivity index (χ1v) is 7.77. The van der Waals surface area contributed by atoms with Crippen LogP contribution in [-0.2, 0) is 22.5 Å². The maximum Gasteiger partial charge on any atom is 0.110 e. The third-order valence-electron chi connectivity index (χ3n) is 4.46. The Hall–Kier alpha value is -1.64. The van der Waals surface area contributed by atoms with Gasteiger partial charge in [-0.1, -0.05) is 54.6 Å². The summed E-state index contributed by atoms with van der Waals surface area (Å²) in [7, 11) is 0. The second-order valence-electron chi connectivity index (χ2n) is 6.04. The molecule has 3 atom stereocenters. The minimum atomic E-state index is 0.319. The average molecular weight is 280 g/mol. The van der Waals surface area contributed by atoms with Crippen LogP contribution in [0.1, 0.15) is 29.5 Å². The van der Waals surface area contributed by atoms with Crippen LogP contribution in [0.3, 0.4) is 0 Å². The van der Waals surface area contributed by atoms with Crippen molar-refractivity contribution in [3.05, 3.63) is 71.3 Å². The number of hydrogen-bond acceptors (Lipinski definition) is 2. The minimum absolute atomic E-state index is 0.319. The summed E-state index contributed by atoms with van der Waals surface area (Å²) in [4.78, 5) is 0. The van der Waals surface area contributed by atoms with Gasteiger partial charge < -0.3 is 9.47 Å². The van der Waals surface area contributed by atoms with Crippen LogP contribution in [0.2, 0.25) is 0 Å². The summed E-state index contributed by atoms with van der Waals surface area (Å²) in [6, 6.07) is 19.3. The van der Waals surface area contributed by atoms with Gasteiger partial charge in [-0.15, -0.1) is 0 Å². The van der Waals surface area contributed by atoms with Gasteiger partial charge in [-0.25, -0.2) is 0 Å². The Kier molecular flexibility index (Phi) is 3.50. The van der Waals surface area contributed by atoms with Crippen molar-refractivity contribution in [1.29, 1.82) is 0 Å². The molecule has 2 aliphatic rings. The number of epoxide rings is 1. The van der Waals surface area contributed by atoms with E-state index in [1.807, 2.05) is 0 Å². The molecule has 0 amide bonds. The van der Waals surface area contributed by atoms with E-state index in [1.54, 1.807) is 0 Å². The van der Waals surface area contributed by atoms with Crippen LogP contribution in [0.15, 0.2) is 54.6 Å². The minimum Gasteiger partial charge on any atom is -0.371 e. The number of hydrogen-bond donors (Lipinski definition) is 0. The molecule has 0 aromatic heterocycles. The molecule has 1 saturated heterocycles. The van der Waals surface area contributed by atoms with Gasteiger partial charge in [0.2, 0.25) is 0 Å². The van der Waals surface area contributed by atoms with E-state index in [2.05, 4.69) is 54.6 Å². The van der Waals surface area contributed by atoms with Crippen molar-refractivity contribution in [3.63, 3.8) is 0 Å². The fourth-order valence-electron chi connectivity index (χ4n) is 3.17. The lowest BCUT2D eigenvalue weighted by Gasteiger charge is -2.12. The molecular weight excluding hydrogens is 260 g/mol. The van der Waals surface area contributed by atoms with Crippen LogP contribution in [0, 0.1) is 0 Å². The van der Waals surface area contributed by atoms with Crippen molar-refractivity contribution in [2.75, 3.05) is 0 Å². The summed E-state index contributed by atoms with van der Waals surface area (Å²) >= 11 is 0. The summed E-state index contributed by atoms with van der Waals surface area (Å²) in [5, 5.41) is 0. The number of rotatable bonds is 5. The van der Waals surface area contributed by atoms with Crippen LogP contribution < -0.4 is 0 Å². The van der Waals surface area contributed by atoms with Crippen molar-refractivity contribution in [3.8, 4) is 0 Å². The van der Waals surface area contributed by atoms with Gasteiger partial charge in [0.15, 0.2) is 0 Å². The van der Waals surface area contributed by atoms with E-state index in [0.29, 0.717) is 24.9 Å². The lowest BCUT2D eigenvalue weighted by molar-refractivity contribution is 0.0160. The molecule has 108 valence electrons. The molecule has 1 aliphatic heterocycles. The Balaban J connectivity index is 1.33. The number of ether oxygens (including phenoxy) is 2. The van der Waals surface area contributed by atoms with Gasteiger partial charge in [0.1, 0.15) is 6.10 Å². The van der Waals surface area contributed by atoms with Crippen LogP contribution in [0.5, 0.6) is 0 Å². The highest BCUT2D eigenvalue weighted by Gasteiger charge is 2.50. The predicted octanol–water partition coefficient (Wildman–Crippen LogP) is 3.72. The molecule has 2 heteroatoms. The van der Waals surface area contributed by atoms with Gasteiger partial charge in [0.05, 0.1) is 18.8 Å². The summed E-state index contributed by atoms with van der Waals surface area (Å²) in [6.07, 6.45) is 4.53. The first kappa shape index (κ1) is 13.1. The summed E-state index contributed by atoms with van der Waals surface area (Å²) in [6.45, 7) is 0.697. The third kappa shape index (κ3) is 3.02. The van der Waals surface area contributed by atoms with Gasteiger partial charge in [-0.05, 0) is 36.0 Å². The first-order chi connectivity index (χ1) is 10.4. The second-order valence-corrected chi connectivity index (χ2v) is 6.04. The Labute approximate surface area is 125 Å². The highest BCUT2D eigenvalue weighted by atomic mass is 16.6. The van der Waals surface area contributed by atoms with Gasteiger partial charge in [-0.2, -0.15) is 0 Å². The Morgan fingerprint density at radius 1 is 0.857 bits per heavy atom. The molecule has 0 radical (unpaired) electrons. The molecule has 2 aromatic carbocycles. The van der Waals surface area contributed by atoms with E-state index in [1.165, 1.54) is 23.1 Å². The normalized spacial score (nSPS) is 26.6. The molecule has 0 spiro atoms. The standard InChI is InChI=1S/C19H20O2/c1-2-4-14(5-3-1)12-15-6-8-16(9-7-15)13-20-17-10-11-18-19(17)21-18/h1-9,17-19H,10-13H2.